The minimum Gasteiger partial charge on any atom is -0.343 e. The zero-order chi connectivity index (χ0) is 15.3. The maximum Gasteiger partial charge on any atom is 0.261 e. The molecular weight excluding hydrogens is 304 g/mol. The monoisotopic (exact) mass is 322 g/mol. The van der Waals surface area contributed by atoms with E-state index in [0.29, 0.717) is 13.1 Å². The lowest BCUT2D eigenvalue weighted by molar-refractivity contribution is -0.130. The highest BCUT2D eigenvalue weighted by molar-refractivity contribution is 7.89. The predicted molar refractivity (Wildman–Crippen MR) is 76.0 cm³/mol. The first-order chi connectivity index (χ1) is 9.33. The van der Waals surface area contributed by atoms with Gasteiger partial charge in [-0.15, -0.1) is 0 Å². The molecule has 0 unspecified atom stereocenters. The molecule has 0 aliphatic rings. The van der Waals surface area contributed by atoms with E-state index < -0.39 is 10.0 Å². The summed E-state index contributed by atoms with van der Waals surface area (Å²) in [5.41, 5.74) is 0. The lowest BCUT2D eigenvalue weighted by atomic mass is 10.3. The standard InChI is InChI=1S/C11H19ClN4O3S/c1-4-16(5-2)9(17)6-7-14-20(18,19)11-10(12)15(3)8-13-11/h8,14H,4-7H2,1-3H3. The molecule has 0 aliphatic heterocycles. The van der Waals surface area contributed by atoms with E-state index in [1.807, 2.05) is 13.8 Å². The molecule has 0 fully saturated rings. The van der Waals surface area contributed by atoms with Gasteiger partial charge in [-0.2, -0.15) is 0 Å². The van der Waals surface area contributed by atoms with Crippen molar-refractivity contribution in [1.82, 2.24) is 19.2 Å². The summed E-state index contributed by atoms with van der Waals surface area (Å²) in [6.07, 6.45) is 1.42. The van der Waals surface area contributed by atoms with Crippen LogP contribution in [0.3, 0.4) is 0 Å². The van der Waals surface area contributed by atoms with Crippen LogP contribution in [0.25, 0.3) is 0 Å². The van der Waals surface area contributed by atoms with Crippen LogP contribution < -0.4 is 4.72 Å². The Labute approximate surface area is 124 Å². The van der Waals surface area contributed by atoms with Crippen LogP contribution in [0.1, 0.15) is 20.3 Å². The van der Waals surface area contributed by atoms with Crippen molar-refractivity contribution in [1.29, 1.82) is 0 Å². The van der Waals surface area contributed by atoms with Gasteiger partial charge in [0.2, 0.25) is 10.9 Å². The molecule has 20 heavy (non-hydrogen) atoms. The number of hydrogen-bond donors (Lipinski definition) is 1. The lowest BCUT2D eigenvalue weighted by Gasteiger charge is -2.18. The number of carbonyl (C=O) groups excluding carboxylic acids is 1. The minimum atomic E-state index is -3.79. The Morgan fingerprint density at radius 2 is 2.05 bits per heavy atom. The molecule has 0 radical (unpaired) electrons. The third-order valence-electron chi connectivity index (χ3n) is 2.84. The van der Waals surface area contributed by atoms with E-state index >= 15 is 0 Å². The Balaban J connectivity index is 2.61. The first-order valence-corrected chi connectivity index (χ1v) is 8.13. The zero-order valence-electron chi connectivity index (χ0n) is 11.8. The van der Waals surface area contributed by atoms with Gasteiger partial charge in [0, 0.05) is 33.1 Å². The molecule has 1 aromatic heterocycles. The second-order valence-corrected chi connectivity index (χ2v) is 6.21. The highest BCUT2D eigenvalue weighted by atomic mass is 35.5. The maximum absolute atomic E-state index is 12.0. The van der Waals surface area contributed by atoms with Crippen LogP contribution in [0, 0.1) is 0 Å². The summed E-state index contributed by atoms with van der Waals surface area (Å²) < 4.78 is 27.6. The molecule has 0 bridgehead atoms. The van der Waals surface area contributed by atoms with Crippen molar-refractivity contribution in [2.75, 3.05) is 19.6 Å². The first kappa shape index (κ1) is 16.9. The summed E-state index contributed by atoms with van der Waals surface area (Å²) in [6.45, 7) is 4.98. The quantitative estimate of drug-likeness (QED) is 0.797. The Morgan fingerprint density at radius 3 is 2.50 bits per heavy atom. The molecule has 0 aliphatic carbocycles. The average molecular weight is 323 g/mol. The van der Waals surface area contributed by atoms with Crippen LogP contribution in [0.15, 0.2) is 11.4 Å². The topological polar surface area (TPSA) is 84.3 Å². The highest BCUT2D eigenvalue weighted by Crippen LogP contribution is 2.17. The molecule has 1 N–H and O–H groups in total. The molecule has 1 amide bonds. The van der Waals surface area contributed by atoms with Crippen molar-refractivity contribution >= 4 is 27.5 Å². The summed E-state index contributed by atoms with van der Waals surface area (Å²) in [4.78, 5) is 17.1. The van der Waals surface area contributed by atoms with Crippen molar-refractivity contribution in [3.8, 4) is 0 Å². The third kappa shape index (κ3) is 3.94. The lowest BCUT2D eigenvalue weighted by Crippen LogP contribution is -2.34. The molecule has 114 valence electrons. The fourth-order valence-corrected chi connectivity index (χ4v) is 3.13. The highest BCUT2D eigenvalue weighted by Gasteiger charge is 2.22. The summed E-state index contributed by atoms with van der Waals surface area (Å²) in [5, 5.41) is -0.190. The number of imidazole rings is 1. The van der Waals surface area contributed by atoms with Crippen LogP contribution in [-0.4, -0.2) is 48.4 Å². The number of nitrogens with zero attached hydrogens (tertiary/aromatic N) is 3. The largest absolute Gasteiger partial charge is 0.343 e. The van der Waals surface area contributed by atoms with Crippen molar-refractivity contribution < 1.29 is 13.2 Å². The Kier molecular flexibility index (Phi) is 5.97. The van der Waals surface area contributed by atoms with Crippen molar-refractivity contribution in [3.63, 3.8) is 0 Å². The van der Waals surface area contributed by atoms with Crippen LogP contribution >= 0.6 is 11.6 Å². The number of aryl methyl sites for hydroxylation is 1. The molecule has 1 rings (SSSR count). The maximum atomic E-state index is 12.0. The van der Waals surface area contributed by atoms with Crippen molar-refractivity contribution in [2.45, 2.75) is 25.3 Å². The number of rotatable bonds is 7. The van der Waals surface area contributed by atoms with E-state index in [4.69, 9.17) is 11.6 Å². The van der Waals surface area contributed by atoms with Gasteiger partial charge in [0.05, 0.1) is 6.33 Å². The van der Waals surface area contributed by atoms with E-state index in [-0.39, 0.29) is 29.1 Å². The summed E-state index contributed by atoms with van der Waals surface area (Å²) in [6, 6.07) is 0. The van der Waals surface area contributed by atoms with Crippen LogP contribution in [0.5, 0.6) is 0 Å². The number of sulfonamides is 1. The fraction of sp³-hybridized carbons (Fsp3) is 0.636. The number of carbonyl (C=O) groups is 1. The molecule has 0 spiro atoms. The van der Waals surface area contributed by atoms with E-state index in [1.54, 1.807) is 11.9 Å². The number of halogens is 1. The molecule has 0 saturated heterocycles. The van der Waals surface area contributed by atoms with Gasteiger partial charge >= 0.3 is 0 Å². The van der Waals surface area contributed by atoms with Gasteiger partial charge in [-0.1, -0.05) is 11.6 Å². The SMILES string of the molecule is CCN(CC)C(=O)CCNS(=O)(=O)c1ncn(C)c1Cl. The number of nitrogens with one attached hydrogen (secondary N) is 1. The van der Waals surface area contributed by atoms with Crippen LogP contribution in [0.4, 0.5) is 0 Å². The predicted octanol–water partition coefficient (Wildman–Crippen LogP) is 0.610. The Morgan fingerprint density at radius 1 is 1.45 bits per heavy atom. The van der Waals surface area contributed by atoms with E-state index in [1.165, 1.54) is 10.9 Å². The Hall–Kier alpha value is -1.12. The smallest absolute Gasteiger partial charge is 0.261 e. The molecule has 7 nitrogen and oxygen atoms in total. The van der Waals surface area contributed by atoms with Gasteiger partial charge in [-0.3, -0.25) is 4.79 Å². The molecule has 0 aromatic carbocycles. The summed E-state index contributed by atoms with van der Waals surface area (Å²) in [5.74, 6) is -0.0928. The number of amides is 1. The van der Waals surface area contributed by atoms with E-state index in [0.717, 1.165) is 0 Å². The second-order valence-electron chi connectivity index (χ2n) is 4.17. The average Bonchev–Trinajstić information content (AvgIpc) is 2.72. The normalized spacial score (nSPS) is 11.6. The number of aromatic nitrogens is 2. The van der Waals surface area contributed by atoms with Gasteiger partial charge in [-0.05, 0) is 13.8 Å². The summed E-state index contributed by atoms with van der Waals surface area (Å²) >= 11 is 5.84. The van der Waals surface area contributed by atoms with E-state index in [2.05, 4.69) is 9.71 Å². The molecular formula is C11H19ClN4O3S. The first-order valence-electron chi connectivity index (χ1n) is 6.27. The van der Waals surface area contributed by atoms with Gasteiger partial charge in [0.1, 0.15) is 5.15 Å². The van der Waals surface area contributed by atoms with Crippen LogP contribution in [0.2, 0.25) is 5.15 Å². The zero-order valence-corrected chi connectivity index (χ0v) is 13.3. The molecule has 1 heterocycles. The van der Waals surface area contributed by atoms with Gasteiger partial charge in [0.25, 0.3) is 10.0 Å². The van der Waals surface area contributed by atoms with Crippen molar-refractivity contribution in [3.05, 3.63) is 11.5 Å². The van der Waals surface area contributed by atoms with Gasteiger partial charge < -0.3 is 9.47 Å². The Bertz CT molecular complexity index is 566. The minimum absolute atomic E-state index is 0.0184. The number of hydrogen-bond acceptors (Lipinski definition) is 4. The molecule has 9 heteroatoms. The molecule has 0 atom stereocenters. The van der Waals surface area contributed by atoms with Crippen LogP contribution in [-0.2, 0) is 21.9 Å². The van der Waals surface area contributed by atoms with Gasteiger partial charge in [-0.25, -0.2) is 18.1 Å². The molecule has 1 aromatic rings. The van der Waals surface area contributed by atoms with E-state index in [9.17, 15) is 13.2 Å². The third-order valence-corrected chi connectivity index (χ3v) is 4.79. The molecule has 0 saturated carbocycles. The van der Waals surface area contributed by atoms with Gasteiger partial charge in [0.15, 0.2) is 0 Å². The second kappa shape index (κ2) is 7.05. The summed E-state index contributed by atoms with van der Waals surface area (Å²) in [7, 11) is -2.19. The van der Waals surface area contributed by atoms with Crippen molar-refractivity contribution in [2.24, 2.45) is 7.05 Å². The fourth-order valence-electron chi connectivity index (χ4n) is 1.67.